The molecule has 1 fully saturated rings. The first-order valence-corrected chi connectivity index (χ1v) is 9.67. The summed E-state index contributed by atoms with van der Waals surface area (Å²) < 4.78 is 24.5. The number of hydrogen-bond donors (Lipinski definition) is 1. The van der Waals surface area contributed by atoms with Gasteiger partial charge in [-0.15, -0.1) is 0 Å². The Kier molecular flexibility index (Phi) is 3.87. The molecule has 0 bridgehead atoms. The van der Waals surface area contributed by atoms with Crippen LogP contribution in [0.1, 0.15) is 51.0 Å². The van der Waals surface area contributed by atoms with E-state index in [0.29, 0.717) is 16.9 Å². The van der Waals surface area contributed by atoms with Gasteiger partial charge in [0.05, 0.1) is 16.2 Å². The number of sulfone groups is 1. The van der Waals surface area contributed by atoms with E-state index in [1.54, 1.807) is 18.2 Å². The zero-order valence-electron chi connectivity index (χ0n) is 12.6. The van der Waals surface area contributed by atoms with E-state index in [2.05, 4.69) is 6.92 Å². The maximum atomic E-state index is 12.2. The molecule has 4 heteroatoms. The maximum absolute atomic E-state index is 12.2. The minimum Gasteiger partial charge on any atom is -0.385 e. The summed E-state index contributed by atoms with van der Waals surface area (Å²) in [6, 6.07) is 7.03. The third kappa shape index (κ3) is 2.53. The first kappa shape index (κ1) is 15.0. The van der Waals surface area contributed by atoms with Crippen molar-refractivity contribution in [2.45, 2.75) is 55.9 Å². The fourth-order valence-electron chi connectivity index (χ4n) is 4.10. The first-order chi connectivity index (χ1) is 9.97. The van der Waals surface area contributed by atoms with Gasteiger partial charge < -0.3 is 5.11 Å². The summed E-state index contributed by atoms with van der Waals surface area (Å²) in [5.41, 5.74) is -0.322. The maximum Gasteiger partial charge on any atom is 0.178 e. The van der Waals surface area contributed by atoms with Crippen LogP contribution < -0.4 is 0 Å². The Balaban J connectivity index is 1.95. The van der Waals surface area contributed by atoms with Crippen molar-refractivity contribution in [2.75, 3.05) is 5.75 Å². The largest absolute Gasteiger partial charge is 0.385 e. The number of aliphatic hydroxyl groups is 1. The van der Waals surface area contributed by atoms with Crippen molar-refractivity contribution in [1.29, 1.82) is 0 Å². The quantitative estimate of drug-likeness (QED) is 0.912. The second-order valence-corrected chi connectivity index (χ2v) is 8.69. The Morgan fingerprint density at radius 2 is 1.86 bits per heavy atom. The van der Waals surface area contributed by atoms with E-state index in [0.717, 1.165) is 31.6 Å². The molecule has 0 amide bonds. The molecule has 1 aromatic rings. The minimum absolute atomic E-state index is 0.0637. The zero-order chi connectivity index (χ0) is 15.1. The van der Waals surface area contributed by atoms with Gasteiger partial charge in [-0.05, 0) is 37.2 Å². The highest BCUT2D eigenvalue weighted by Crippen LogP contribution is 2.47. The van der Waals surface area contributed by atoms with Gasteiger partial charge in [0.2, 0.25) is 0 Å². The van der Waals surface area contributed by atoms with E-state index in [9.17, 15) is 13.5 Å². The summed E-state index contributed by atoms with van der Waals surface area (Å²) >= 11 is 0. The fourth-order valence-corrected chi connectivity index (χ4v) is 5.77. The highest BCUT2D eigenvalue weighted by Gasteiger charge is 2.46. The summed E-state index contributed by atoms with van der Waals surface area (Å²) in [4.78, 5) is 0.344. The normalized spacial score (nSPS) is 35.1. The van der Waals surface area contributed by atoms with Crippen molar-refractivity contribution in [3.63, 3.8) is 0 Å². The fraction of sp³-hybridized carbons (Fsp3) is 0.647. The second kappa shape index (κ2) is 5.40. The van der Waals surface area contributed by atoms with Crippen molar-refractivity contribution >= 4 is 9.84 Å². The van der Waals surface area contributed by atoms with Gasteiger partial charge in [-0.1, -0.05) is 44.4 Å². The molecule has 116 valence electrons. The van der Waals surface area contributed by atoms with Gasteiger partial charge in [-0.25, -0.2) is 8.42 Å². The van der Waals surface area contributed by atoms with Gasteiger partial charge in [0, 0.05) is 5.56 Å². The van der Waals surface area contributed by atoms with E-state index >= 15 is 0 Å². The lowest BCUT2D eigenvalue weighted by molar-refractivity contribution is -0.0508. The molecule has 1 heterocycles. The van der Waals surface area contributed by atoms with Crippen LogP contribution in [0.4, 0.5) is 0 Å². The summed E-state index contributed by atoms with van der Waals surface area (Å²) in [7, 11) is -3.23. The molecule has 1 atom stereocenters. The Bertz CT molecular complexity index is 615. The van der Waals surface area contributed by atoms with Crippen LogP contribution in [0, 0.1) is 11.8 Å². The molecule has 1 aliphatic carbocycles. The minimum atomic E-state index is -3.23. The number of hydrogen-bond acceptors (Lipinski definition) is 3. The molecule has 1 unspecified atom stereocenters. The van der Waals surface area contributed by atoms with Crippen molar-refractivity contribution in [1.82, 2.24) is 0 Å². The predicted molar refractivity (Wildman–Crippen MR) is 82.7 cm³/mol. The lowest BCUT2D eigenvalue weighted by Gasteiger charge is -2.43. The summed E-state index contributed by atoms with van der Waals surface area (Å²) in [5, 5.41) is 11.3. The number of rotatable bonds is 2. The number of benzene rings is 1. The van der Waals surface area contributed by atoms with Gasteiger partial charge in [-0.2, -0.15) is 0 Å². The average molecular weight is 308 g/mol. The van der Waals surface area contributed by atoms with Crippen LogP contribution in [0.2, 0.25) is 0 Å². The Hall–Kier alpha value is -0.870. The summed E-state index contributed by atoms with van der Waals surface area (Å²) in [6.45, 7) is 2.22. The van der Waals surface area contributed by atoms with Crippen LogP contribution >= 0.6 is 0 Å². The molecule has 21 heavy (non-hydrogen) atoms. The monoisotopic (exact) mass is 308 g/mol. The highest BCUT2D eigenvalue weighted by molar-refractivity contribution is 7.91. The molecule has 1 N–H and O–H groups in total. The molecule has 2 aliphatic rings. The molecular formula is C17H24O3S. The molecule has 3 nitrogen and oxygen atoms in total. The third-order valence-corrected chi connectivity index (χ3v) is 7.31. The van der Waals surface area contributed by atoms with Crippen molar-refractivity contribution in [3.05, 3.63) is 29.8 Å². The van der Waals surface area contributed by atoms with Gasteiger partial charge >= 0.3 is 0 Å². The van der Waals surface area contributed by atoms with Gasteiger partial charge in [0.1, 0.15) is 0 Å². The lowest BCUT2D eigenvalue weighted by Crippen LogP contribution is -2.43. The molecule has 3 rings (SSSR count). The topological polar surface area (TPSA) is 54.4 Å². The Morgan fingerprint density at radius 3 is 2.52 bits per heavy atom. The van der Waals surface area contributed by atoms with Gasteiger partial charge in [-0.3, -0.25) is 0 Å². The predicted octanol–water partition coefficient (Wildman–Crippen LogP) is 3.27. The third-order valence-electron chi connectivity index (χ3n) is 5.54. The van der Waals surface area contributed by atoms with Crippen LogP contribution in [0.5, 0.6) is 0 Å². The van der Waals surface area contributed by atoms with E-state index in [1.165, 1.54) is 6.42 Å². The van der Waals surface area contributed by atoms with Crippen molar-refractivity contribution in [3.8, 4) is 0 Å². The molecule has 0 saturated heterocycles. The summed E-state index contributed by atoms with van der Waals surface area (Å²) in [5.74, 6) is 1.03. The van der Waals surface area contributed by atoms with Crippen LogP contribution in [0.3, 0.4) is 0 Å². The van der Waals surface area contributed by atoms with Crippen LogP contribution in [0.15, 0.2) is 29.2 Å². The molecule has 0 spiro atoms. The standard InChI is InChI=1S/C17H24O3S/c1-2-13-7-9-14(10-8-13)17(18)11-12-21(19,20)16-6-4-3-5-15(16)17/h3-6,13-14,18H,2,7-12H2,1H3. The highest BCUT2D eigenvalue weighted by atomic mass is 32.2. The van der Waals surface area contributed by atoms with E-state index < -0.39 is 15.4 Å². The lowest BCUT2D eigenvalue weighted by atomic mass is 9.69. The van der Waals surface area contributed by atoms with E-state index in [4.69, 9.17) is 0 Å². The van der Waals surface area contributed by atoms with Crippen molar-refractivity contribution < 1.29 is 13.5 Å². The molecular weight excluding hydrogens is 284 g/mol. The van der Waals surface area contributed by atoms with Crippen LogP contribution in [0.25, 0.3) is 0 Å². The van der Waals surface area contributed by atoms with Crippen molar-refractivity contribution in [2.24, 2.45) is 11.8 Å². The smallest absolute Gasteiger partial charge is 0.178 e. The molecule has 1 saturated carbocycles. The van der Waals surface area contributed by atoms with Crippen LogP contribution in [-0.4, -0.2) is 19.3 Å². The molecule has 0 aromatic heterocycles. The second-order valence-electron chi connectivity index (χ2n) is 6.62. The SMILES string of the molecule is CCC1CCC(C2(O)CCS(=O)(=O)c3ccccc32)CC1. The first-order valence-electron chi connectivity index (χ1n) is 8.02. The summed E-state index contributed by atoms with van der Waals surface area (Å²) in [6.07, 6.45) is 5.85. The van der Waals surface area contributed by atoms with Gasteiger partial charge in [0.25, 0.3) is 0 Å². The van der Waals surface area contributed by atoms with E-state index in [-0.39, 0.29) is 11.7 Å². The molecule has 1 aliphatic heterocycles. The molecule has 1 aromatic carbocycles. The zero-order valence-corrected chi connectivity index (χ0v) is 13.4. The van der Waals surface area contributed by atoms with Gasteiger partial charge in [0.15, 0.2) is 9.84 Å². The number of fused-ring (bicyclic) bond motifs is 1. The Morgan fingerprint density at radius 1 is 1.19 bits per heavy atom. The van der Waals surface area contributed by atoms with E-state index in [1.807, 2.05) is 6.07 Å². The van der Waals surface area contributed by atoms with Crippen LogP contribution in [-0.2, 0) is 15.4 Å². The molecule has 0 radical (unpaired) electrons. The Labute approximate surface area is 127 Å². The average Bonchev–Trinajstić information content (AvgIpc) is 2.52.